The van der Waals surface area contributed by atoms with E-state index < -0.39 is 0 Å². The Kier molecular flexibility index (Phi) is 5.88. The van der Waals surface area contributed by atoms with Gasteiger partial charge >= 0.3 is 0 Å². The van der Waals surface area contributed by atoms with E-state index >= 15 is 0 Å². The Hall–Kier alpha value is -0.510. The van der Waals surface area contributed by atoms with Crippen molar-refractivity contribution >= 4 is 29.8 Å². The minimum atomic E-state index is 0. The van der Waals surface area contributed by atoms with Crippen LogP contribution in [0.25, 0.3) is 0 Å². The van der Waals surface area contributed by atoms with Gasteiger partial charge in [-0.25, -0.2) is 4.98 Å². The van der Waals surface area contributed by atoms with Crippen molar-refractivity contribution in [3.8, 4) is 0 Å². The maximum absolute atomic E-state index is 5.76. The van der Waals surface area contributed by atoms with Crippen molar-refractivity contribution in [1.82, 2.24) is 10.3 Å². The Morgan fingerprint density at radius 3 is 2.75 bits per heavy atom. The second-order valence-electron chi connectivity index (χ2n) is 3.94. The third-order valence-electron chi connectivity index (χ3n) is 2.76. The van der Waals surface area contributed by atoms with Crippen molar-refractivity contribution in [2.75, 3.05) is 25.0 Å². The molecule has 5 heteroatoms. The number of anilines is 1. The lowest BCUT2D eigenvalue weighted by Crippen LogP contribution is -2.31. The smallest absolute Gasteiger partial charge is 0.125 e. The van der Waals surface area contributed by atoms with Crippen LogP contribution in [-0.2, 0) is 0 Å². The van der Waals surface area contributed by atoms with E-state index in [4.69, 9.17) is 11.6 Å². The van der Waals surface area contributed by atoms with Gasteiger partial charge in [0.25, 0.3) is 0 Å². The number of hydrogen-bond donors (Lipinski definition) is 2. The van der Waals surface area contributed by atoms with Gasteiger partial charge in [-0.1, -0.05) is 11.6 Å². The molecule has 1 saturated heterocycles. The predicted molar refractivity (Wildman–Crippen MR) is 70.6 cm³/mol. The Bertz CT molecular complexity index is 297. The first-order valence-corrected chi connectivity index (χ1v) is 5.78. The summed E-state index contributed by atoms with van der Waals surface area (Å²) in [5.74, 6) is 1.68. The molecule has 2 N–H and O–H groups in total. The average Bonchev–Trinajstić information content (AvgIpc) is 2.30. The second-order valence-corrected chi connectivity index (χ2v) is 4.37. The van der Waals surface area contributed by atoms with Gasteiger partial charge in [0.1, 0.15) is 5.82 Å². The highest BCUT2D eigenvalue weighted by molar-refractivity contribution is 6.30. The summed E-state index contributed by atoms with van der Waals surface area (Å²) in [4.78, 5) is 4.20. The zero-order chi connectivity index (χ0) is 10.5. The van der Waals surface area contributed by atoms with E-state index in [0.717, 1.165) is 31.4 Å². The van der Waals surface area contributed by atoms with Crippen LogP contribution in [0.15, 0.2) is 18.3 Å². The van der Waals surface area contributed by atoms with Crippen LogP contribution in [0.5, 0.6) is 0 Å². The fraction of sp³-hybridized carbons (Fsp3) is 0.545. The molecule has 0 atom stereocenters. The van der Waals surface area contributed by atoms with Crippen molar-refractivity contribution in [1.29, 1.82) is 0 Å². The molecule has 2 rings (SSSR count). The predicted octanol–water partition coefficient (Wildman–Crippen LogP) is 2.57. The monoisotopic (exact) mass is 261 g/mol. The lowest BCUT2D eigenvalue weighted by atomic mass is 9.98. The van der Waals surface area contributed by atoms with Gasteiger partial charge in [0.2, 0.25) is 0 Å². The van der Waals surface area contributed by atoms with E-state index in [2.05, 4.69) is 15.6 Å². The van der Waals surface area contributed by atoms with Crippen molar-refractivity contribution in [3.05, 3.63) is 23.4 Å². The van der Waals surface area contributed by atoms with Crippen molar-refractivity contribution in [3.63, 3.8) is 0 Å². The largest absolute Gasteiger partial charge is 0.370 e. The summed E-state index contributed by atoms with van der Waals surface area (Å²) >= 11 is 5.76. The molecule has 0 saturated carbocycles. The fourth-order valence-electron chi connectivity index (χ4n) is 1.82. The van der Waals surface area contributed by atoms with Gasteiger partial charge in [0.15, 0.2) is 0 Å². The van der Waals surface area contributed by atoms with Crippen LogP contribution in [0.3, 0.4) is 0 Å². The lowest BCUT2D eigenvalue weighted by molar-refractivity contribution is 0.389. The van der Waals surface area contributed by atoms with Gasteiger partial charge in [-0.05, 0) is 44.0 Å². The number of aromatic nitrogens is 1. The van der Waals surface area contributed by atoms with E-state index in [1.54, 1.807) is 6.20 Å². The van der Waals surface area contributed by atoms with E-state index in [9.17, 15) is 0 Å². The molecule has 1 aromatic heterocycles. The van der Waals surface area contributed by atoms with E-state index in [-0.39, 0.29) is 12.4 Å². The number of hydrogen-bond acceptors (Lipinski definition) is 3. The van der Waals surface area contributed by atoms with E-state index in [1.807, 2.05) is 12.1 Å². The molecule has 0 spiro atoms. The number of piperidine rings is 1. The topological polar surface area (TPSA) is 37.0 Å². The Balaban J connectivity index is 0.00000128. The minimum Gasteiger partial charge on any atom is -0.370 e. The van der Waals surface area contributed by atoms with Gasteiger partial charge in [0.05, 0.1) is 5.02 Å². The van der Waals surface area contributed by atoms with Crippen LogP contribution in [0.1, 0.15) is 12.8 Å². The maximum atomic E-state index is 5.76. The molecule has 0 amide bonds. The molecule has 1 aliphatic heterocycles. The maximum Gasteiger partial charge on any atom is 0.125 e. The summed E-state index contributed by atoms with van der Waals surface area (Å²) in [6.45, 7) is 3.29. The van der Waals surface area contributed by atoms with E-state index in [0.29, 0.717) is 5.02 Å². The van der Waals surface area contributed by atoms with Gasteiger partial charge in [-0.3, -0.25) is 0 Å². The molecule has 0 bridgehead atoms. The number of halogens is 2. The highest BCUT2D eigenvalue weighted by atomic mass is 35.5. The summed E-state index contributed by atoms with van der Waals surface area (Å²) in [6, 6.07) is 3.78. The average molecular weight is 262 g/mol. The van der Waals surface area contributed by atoms with E-state index in [1.165, 1.54) is 12.8 Å². The number of rotatable bonds is 3. The zero-order valence-electron chi connectivity index (χ0n) is 9.08. The molecule has 1 aromatic rings. The third-order valence-corrected chi connectivity index (χ3v) is 2.98. The van der Waals surface area contributed by atoms with Crippen LogP contribution < -0.4 is 10.6 Å². The molecule has 0 aromatic carbocycles. The van der Waals surface area contributed by atoms with Crippen LogP contribution in [0.4, 0.5) is 5.82 Å². The summed E-state index contributed by atoms with van der Waals surface area (Å²) < 4.78 is 0. The van der Waals surface area contributed by atoms with Crippen LogP contribution in [0.2, 0.25) is 5.02 Å². The summed E-state index contributed by atoms with van der Waals surface area (Å²) in [7, 11) is 0. The molecule has 1 aliphatic rings. The third kappa shape index (κ3) is 4.16. The van der Waals surface area contributed by atoms with Gasteiger partial charge < -0.3 is 10.6 Å². The summed E-state index contributed by atoms with van der Waals surface area (Å²) in [5.41, 5.74) is 0. The Labute approximate surface area is 107 Å². The number of nitrogens with zero attached hydrogens (tertiary/aromatic N) is 1. The van der Waals surface area contributed by atoms with Crippen LogP contribution in [-0.4, -0.2) is 24.6 Å². The molecule has 1 fully saturated rings. The first-order valence-electron chi connectivity index (χ1n) is 5.41. The second kappa shape index (κ2) is 6.94. The van der Waals surface area contributed by atoms with Crippen molar-refractivity contribution in [2.24, 2.45) is 5.92 Å². The molecule has 16 heavy (non-hydrogen) atoms. The van der Waals surface area contributed by atoms with Crippen LogP contribution >= 0.6 is 24.0 Å². The quantitative estimate of drug-likeness (QED) is 0.879. The first-order chi connectivity index (χ1) is 7.34. The summed E-state index contributed by atoms with van der Waals surface area (Å²) in [5, 5.41) is 7.39. The molecule has 90 valence electrons. The molecule has 3 nitrogen and oxygen atoms in total. The molecule has 0 aliphatic carbocycles. The van der Waals surface area contributed by atoms with Crippen molar-refractivity contribution in [2.45, 2.75) is 12.8 Å². The normalized spacial score (nSPS) is 16.6. The molecule has 0 radical (unpaired) electrons. The lowest BCUT2D eigenvalue weighted by Gasteiger charge is -2.22. The Morgan fingerprint density at radius 2 is 2.12 bits per heavy atom. The summed E-state index contributed by atoms with van der Waals surface area (Å²) in [6.07, 6.45) is 4.17. The number of pyridine rings is 1. The van der Waals surface area contributed by atoms with Gasteiger partial charge in [-0.15, -0.1) is 12.4 Å². The Morgan fingerprint density at radius 1 is 1.38 bits per heavy atom. The SMILES string of the molecule is Cl.Clc1ccc(NCC2CCNCC2)nc1. The molecular weight excluding hydrogens is 245 g/mol. The number of nitrogens with one attached hydrogen (secondary N) is 2. The molecule has 0 unspecified atom stereocenters. The molecular formula is C11H17Cl2N3. The molecule has 2 heterocycles. The first kappa shape index (κ1) is 13.6. The zero-order valence-corrected chi connectivity index (χ0v) is 10.7. The van der Waals surface area contributed by atoms with Gasteiger partial charge in [-0.2, -0.15) is 0 Å². The van der Waals surface area contributed by atoms with Gasteiger partial charge in [0, 0.05) is 12.7 Å². The van der Waals surface area contributed by atoms with Crippen LogP contribution in [0, 0.1) is 5.92 Å². The fourth-order valence-corrected chi connectivity index (χ4v) is 1.93. The standard InChI is InChI=1S/C11H16ClN3.ClH/c12-10-1-2-11(15-8-10)14-7-9-3-5-13-6-4-9;/h1-2,8-9,13H,3-7H2,(H,14,15);1H. The highest BCUT2D eigenvalue weighted by Gasteiger charge is 2.12. The minimum absolute atomic E-state index is 0. The van der Waals surface area contributed by atoms with Crippen molar-refractivity contribution < 1.29 is 0 Å². The highest BCUT2D eigenvalue weighted by Crippen LogP contribution is 2.14.